The Bertz CT molecular complexity index is 387. The largest absolute Gasteiger partial charge is 0.596 e. The highest BCUT2D eigenvalue weighted by Gasteiger charge is 2.46. The zero-order chi connectivity index (χ0) is 23.4. The summed E-state index contributed by atoms with van der Waals surface area (Å²) in [7, 11) is 2.23. The lowest BCUT2D eigenvalue weighted by Crippen LogP contribution is -2.66. The molecule has 0 amide bonds. The highest BCUT2D eigenvalue weighted by molar-refractivity contribution is 6.57. The summed E-state index contributed by atoms with van der Waals surface area (Å²) in [6.07, 6.45) is 23.5. The minimum atomic E-state index is -2.78. The van der Waals surface area contributed by atoms with Crippen molar-refractivity contribution in [2.75, 3.05) is 21.3 Å². The highest BCUT2D eigenvalue weighted by atomic mass is 35.5. The van der Waals surface area contributed by atoms with E-state index in [1.165, 1.54) is 109 Å². The monoisotopic (exact) mass is 495 g/mol. The number of hydrogen-bond donors (Lipinski definition) is 1. The first-order chi connectivity index (χ1) is 14.9. The summed E-state index contributed by atoms with van der Waals surface area (Å²) >= 11 is 0. The van der Waals surface area contributed by atoms with E-state index in [-0.39, 0.29) is 17.9 Å². The summed E-state index contributed by atoms with van der Waals surface area (Å²) in [6.45, 7) is 9.12. The number of hydrogen-bond acceptors (Lipinski definition) is 4. The van der Waals surface area contributed by atoms with Crippen LogP contribution in [0.1, 0.15) is 137 Å². The van der Waals surface area contributed by atoms with Crippen LogP contribution in [0.2, 0.25) is 0 Å². The van der Waals surface area contributed by atoms with Gasteiger partial charge in [-0.15, -0.1) is 12.4 Å². The smallest absolute Gasteiger partial charge is 0.364 e. The standard InChI is InChI=1S/C26H57NO3Si.ClH/c1-8-10-11-12-13-14-15-16-17-18-19-20-21-22-24-25(23-9-2)26(3,4)27-31(28-5,29-6)30-7;/h25,27H,8-24H2,1-7H3;1H. The molecule has 0 aliphatic carbocycles. The third kappa shape index (κ3) is 16.1. The summed E-state index contributed by atoms with van der Waals surface area (Å²) in [5.41, 5.74) is -0.0686. The van der Waals surface area contributed by atoms with Gasteiger partial charge in [0.2, 0.25) is 0 Å². The predicted molar refractivity (Wildman–Crippen MR) is 145 cm³/mol. The van der Waals surface area contributed by atoms with Crippen LogP contribution in [-0.2, 0) is 13.3 Å². The molecule has 0 saturated carbocycles. The van der Waals surface area contributed by atoms with Gasteiger partial charge in [0.1, 0.15) is 0 Å². The fourth-order valence-corrected chi connectivity index (χ4v) is 6.50. The average molecular weight is 496 g/mol. The van der Waals surface area contributed by atoms with Crippen molar-refractivity contribution in [1.82, 2.24) is 4.98 Å². The molecule has 0 aromatic carbocycles. The SMILES string of the molecule is CCCCCCCCCCCCCCCCC(CCC)C(C)(C)N[Si](OC)(OC)OC.Cl. The minimum Gasteiger partial charge on any atom is -0.364 e. The Labute approximate surface area is 209 Å². The molecule has 1 atom stereocenters. The second-order valence-electron chi connectivity index (χ2n) is 9.89. The van der Waals surface area contributed by atoms with E-state index in [1.54, 1.807) is 21.3 Å². The second-order valence-corrected chi connectivity index (χ2v) is 12.5. The molecule has 32 heavy (non-hydrogen) atoms. The topological polar surface area (TPSA) is 39.7 Å². The van der Waals surface area contributed by atoms with E-state index in [2.05, 4.69) is 32.7 Å². The predicted octanol–water partition coefficient (Wildman–Crippen LogP) is 8.44. The quantitative estimate of drug-likeness (QED) is 0.114. The van der Waals surface area contributed by atoms with Crippen LogP contribution >= 0.6 is 12.4 Å². The van der Waals surface area contributed by atoms with E-state index < -0.39 is 8.97 Å². The fourth-order valence-electron chi connectivity index (χ4n) is 4.70. The maximum Gasteiger partial charge on any atom is 0.596 e. The van der Waals surface area contributed by atoms with Crippen LogP contribution < -0.4 is 4.98 Å². The molecule has 0 aromatic rings. The van der Waals surface area contributed by atoms with Gasteiger partial charge in [-0.2, -0.15) is 0 Å². The lowest BCUT2D eigenvalue weighted by molar-refractivity contribution is 0.0856. The maximum absolute atomic E-state index is 5.61. The van der Waals surface area contributed by atoms with E-state index in [0.717, 1.165) is 0 Å². The summed E-state index contributed by atoms with van der Waals surface area (Å²) in [4.78, 5) is 3.61. The Kier molecular flexibility index (Phi) is 23.6. The lowest BCUT2D eigenvalue weighted by Gasteiger charge is -2.40. The van der Waals surface area contributed by atoms with Crippen molar-refractivity contribution in [2.24, 2.45) is 5.92 Å². The molecule has 196 valence electrons. The Morgan fingerprint density at radius 3 is 1.31 bits per heavy atom. The van der Waals surface area contributed by atoms with Gasteiger partial charge in [-0.05, 0) is 32.6 Å². The molecule has 0 spiro atoms. The van der Waals surface area contributed by atoms with Crippen LogP contribution in [0.15, 0.2) is 0 Å². The summed E-state index contributed by atoms with van der Waals surface area (Å²) < 4.78 is 16.8. The van der Waals surface area contributed by atoms with E-state index in [0.29, 0.717) is 5.92 Å². The zero-order valence-electron chi connectivity index (χ0n) is 22.7. The molecular formula is C26H58ClNO3Si. The first-order valence-electron chi connectivity index (χ1n) is 13.4. The molecule has 0 aliphatic rings. The van der Waals surface area contributed by atoms with Crippen LogP contribution in [0.25, 0.3) is 0 Å². The molecule has 1 unspecified atom stereocenters. The van der Waals surface area contributed by atoms with Crippen molar-refractivity contribution < 1.29 is 13.3 Å². The van der Waals surface area contributed by atoms with Gasteiger partial charge in [-0.25, -0.2) is 0 Å². The molecule has 0 aromatic heterocycles. The van der Waals surface area contributed by atoms with Crippen LogP contribution in [0, 0.1) is 5.92 Å². The lowest BCUT2D eigenvalue weighted by atomic mass is 9.81. The van der Waals surface area contributed by atoms with Crippen LogP contribution in [0.5, 0.6) is 0 Å². The molecule has 4 nitrogen and oxygen atoms in total. The molecule has 0 fully saturated rings. The number of rotatable bonds is 23. The second kappa shape index (κ2) is 21.9. The van der Waals surface area contributed by atoms with E-state index in [4.69, 9.17) is 13.3 Å². The molecular weight excluding hydrogens is 438 g/mol. The van der Waals surface area contributed by atoms with Crippen molar-refractivity contribution in [2.45, 2.75) is 142 Å². The van der Waals surface area contributed by atoms with Crippen molar-refractivity contribution in [3.8, 4) is 0 Å². The molecule has 1 N–H and O–H groups in total. The first-order valence-corrected chi connectivity index (χ1v) is 15.1. The summed E-state index contributed by atoms with van der Waals surface area (Å²) in [5.74, 6) is 0.599. The van der Waals surface area contributed by atoms with Gasteiger partial charge < -0.3 is 13.3 Å². The van der Waals surface area contributed by atoms with Crippen LogP contribution in [0.4, 0.5) is 0 Å². The van der Waals surface area contributed by atoms with E-state index >= 15 is 0 Å². The molecule has 0 aliphatic heterocycles. The molecule has 0 rings (SSSR count). The average Bonchev–Trinajstić information content (AvgIpc) is 2.77. The molecule has 6 heteroatoms. The Morgan fingerprint density at radius 1 is 0.594 bits per heavy atom. The van der Waals surface area contributed by atoms with Crippen molar-refractivity contribution in [3.05, 3.63) is 0 Å². The molecule has 0 heterocycles. The number of halogens is 1. The Hall–Kier alpha value is 0.347. The minimum absolute atomic E-state index is 0. The van der Waals surface area contributed by atoms with Gasteiger partial charge in [-0.3, -0.25) is 4.98 Å². The van der Waals surface area contributed by atoms with Crippen molar-refractivity contribution >= 4 is 21.4 Å². The first kappa shape index (κ1) is 34.5. The fraction of sp³-hybridized carbons (Fsp3) is 1.00. The third-order valence-corrected chi connectivity index (χ3v) is 9.41. The normalized spacial score (nSPS) is 13.2. The van der Waals surface area contributed by atoms with Gasteiger partial charge in [-0.1, -0.05) is 110 Å². The maximum atomic E-state index is 5.61. The molecule has 0 bridgehead atoms. The molecule has 0 radical (unpaired) electrons. The van der Waals surface area contributed by atoms with Crippen molar-refractivity contribution in [1.29, 1.82) is 0 Å². The number of unbranched alkanes of at least 4 members (excludes halogenated alkanes) is 13. The van der Waals surface area contributed by atoms with Gasteiger partial charge in [0.05, 0.1) is 0 Å². The van der Waals surface area contributed by atoms with Gasteiger partial charge in [0.15, 0.2) is 0 Å². The van der Waals surface area contributed by atoms with Crippen LogP contribution in [0.3, 0.4) is 0 Å². The number of nitrogens with one attached hydrogen (secondary N) is 1. The third-order valence-electron chi connectivity index (χ3n) is 6.85. The summed E-state index contributed by atoms with van der Waals surface area (Å²) in [5, 5.41) is 0. The van der Waals surface area contributed by atoms with Gasteiger partial charge >= 0.3 is 8.97 Å². The van der Waals surface area contributed by atoms with E-state index in [9.17, 15) is 0 Å². The van der Waals surface area contributed by atoms with E-state index in [1.807, 2.05) is 0 Å². The summed E-state index contributed by atoms with van der Waals surface area (Å²) in [6, 6.07) is 0. The zero-order valence-corrected chi connectivity index (χ0v) is 24.5. The van der Waals surface area contributed by atoms with Crippen molar-refractivity contribution in [3.63, 3.8) is 0 Å². The molecule has 0 saturated heterocycles. The Morgan fingerprint density at radius 2 is 0.969 bits per heavy atom. The van der Waals surface area contributed by atoms with Crippen LogP contribution in [-0.4, -0.2) is 35.8 Å². The Balaban J connectivity index is 0. The van der Waals surface area contributed by atoms with Gasteiger partial charge in [0, 0.05) is 26.9 Å². The highest BCUT2D eigenvalue weighted by Crippen LogP contribution is 2.29. The van der Waals surface area contributed by atoms with Gasteiger partial charge in [0.25, 0.3) is 0 Å².